The molecule has 0 atom stereocenters. The van der Waals surface area contributed by atoms with Gasteiger partial charge in [-0.25, -0.2) is 0 Å². The summed E-state index contributed by atoms with van der Waals surface area (Å²) < 4.78 is 10.9. The molecule has 0 spiro atoms. The fraction of sp³-hybridized carbons (Fsp3) is 0.167. The van der Waals surface area contributed by atoms with Gasteiger partial charge in [0.05, 0.1) is 35.6 Å². The van der Waals surface area contributed by atoms with Crippen molar-refractivity contribution in [2.45, 2.75) is 19.2 Å². The fourth-order valence-electron chi connectivity index (χ4n) is 3.28. The Balaban J connectivity index is 1.65. The molecule has 0 fully saturated rings. The van der Waals surface area contributed by atoms with E-state index >= 15 is 0 Å². The van der Waals surface area contributed by atoms with Gasteiger partial charge in [-0.05, 0) is 54.4 Å². The molecule has 0 aliphatic carbocycles. The van der Waals surface area contributed by atoms with Crippen LogP contribution in [-0.4, -0.2) is 23.3 Å². The van der Waals surface area contributed by atoms with Gasteiger partial charge in [0.1, 0.15) is 11.5 Å². The van der Waals surface area contributed by atoms with Crippen LogP contribution in [0.1, 0.15) is 23.8 Å². The maximum atomic E-state index is 13.3. The van der Waals surface area contributed by atoms with Crippen molar-refractivity contribution in [2.24, 2.45) is 0 Å². The third-order valence-electron chi connectivity index (χ3n) is 4.77. The molecule has 31 heavy (non-hydrogen) atoms. The first-order chi connectivity index (χ1) is 15.1. The lowest BCUT2D eigenvalue weighted by atomic mass is 10.1. The van der Waals surface area contributed by atoms with Gasteiger partial charge in [-0.3, -0.25) is 14.5 Å². The van der Waals surface area contributed by atoms with Gasteiger partial charge in [0.2, 0.25) is 0 Å². The maximum absolute atomic E-state index is 13.3. The van der Waals surface area contributed by atoms with Crippen molar-refractivity contribution in [3.8, 4) is 5.75 Å². The van der Waals surface area contributed by atoms with Crippen molar-refractivity contribution in [1.82, 2.24) is 4.90 Å². The summed E-state index contributed by atoms with van der Waals surface area (Å²) >= 11 is 7.27. The number of furan rings is 1. The Morgan fingerprint density at radius 3 is 2.39 bits per heavy atom. The smallest absolute Gasteiger partial charge is 0.268 e. The summed E-state index contributed by atoms with van der Waals surface area (Å²) in [6.07, 6.45) is 1.59. The number of imide groups is 1. The molecule has 2 heterocycles. The van der Waals surface area contributed by atoms with E-state index in [9.17, 15) is 9.59 Å². The standard InChI is InChI=1S/C24H20ClNO4S/c1-2-29-19-11-7-17(8-12-19)21-22(31-15-20-4-3-13-30-20)24(28)26(23(21)27)14-16-5-9-18(25)10-6-16/h3-13H,2,14-15H2,1H3. The lowest BCUT2D eigenvalue weighted by Gasteiger charge is -2.15. The molecule has 1 aliphatic heterocycles. The second kappa shape index (κ2) is 9.45. The molecule has 4 rings (SSSR count). The van der Waals surface area contributed by atoms with Gasteiger partial charge >= 0.3 is 0 Å². The molecule has 0 unspecified atom stereocenters. The van der Waals surface area contributed by atoms with Crippen molar-refractivity contribution in [1.29, 1.82) is 0 Å². The molecule has 3 aromatic rings. The summed E-state index contributed by atoms with van der Waals surface area (Å²) in [6, 6.07) is 18.0. The molecule has 1 aromatic heterocycles. The summed E-state index contributed by atoms with van der Waals surface area (Å²) in [5, 5.41) is 0.603. The Morgan fingerprint density at radius 1 is 1.00 bits per heavy atom. The van der Waals surface area contributed by atoms with Crippen LogP contribution >= 0.6 is 23.4 Å². The van der Waals surface area contributed by atoms with E-state index in [0.717, 1.165) is 11.3 Å². The SMILES string of the molecule is CCOc1ccc(C2=C(SCc3ccco3)C(=O)N(Cc3ccc(Cl)cc3)C2=O)cc1. The third-order valence-corrected chi connectivity index (χ3v) is 6.12. The molecule has 7 heteroatoms. The van der Waals surface area contributed by atoms with E-state index in [0.29, 0.717) is 39.2 Å². The number of halogens is 1. The molecule has 158 valence electrons. The lowest BCUT2D eigenvalue weighted by Crippen LogP contribution is -2.30. The first-order valence-electron chi connectivity index (χ1n) is 9.80. The number of carbonyl (C=O) groups excluding carboxylic acids is 2. The molecule has 2 amide bonds. The van der Waals surface area contributed by atoms with E-state index in [1.54, 1.807) is 36.6 Å². The fourth-order valence-corrected chi connectivity index (χ4v) is 4.44. The summed E-state index contributed by atoms with van der Waals surface area (Å²) in [4.78, 5) is 28.3. The van der Waals surface area contributed by atoms with E-state index < -0.39 is 0 Å². The van der Waals surface area contributed by atoms with Crippen LogP contribution in [0.25, 0.3) is 5.57 Å². The van der Waals surface area contributed by atoms with E-state index in [4.69, 9.17) is 20.8 Å². The Hall–Kier alpha value is -2.96. The predicted molar refractivity (Wildman–Crippen MR) is 122 cm³/mol. The van der Waals surface area contributed by atoms with Gasteiger partial charge in [-0.15, -0.1) is 11.8 Å². The van der Waals surface area contributed by atoms with Gasteiger partial charge in [0.25, 0.3) is 11.8 Å². The number of thioether (sulfide) groups is 1. The molecular weight excluding hydrogens is 434 g/mol. The minimum absolute atomic E-state index is 0.181. The Bertz CT molecular complexity index is 1110. The number of rotatable bonds is 8. The van der Waals surface area contributed by atoms with E-state index in [1.165, 1.54) is 16.7 Å². The van der Waals surface area contributed by atoms with E-state index in [1.807, 2.05) is 37.3 Å². The zero-order chi connectivity index (χ0) is 21.8. The number of amides is 2. The molecule has 0 saturated heterocycles. The zero-order valence-corrected chi connectivity index (χ0v) is 18.4. The second-order valence-corrected chi connectivity index (χ2v) is 8.27. The minimum Gasteiger partial charge on any atom is -0.494 e. The van der Waals surface area contributed by atoms with Crippen LogP contribution in [0, 0.1) is 0 Å². The van der Waals surface area contributed by atoms with Gasteiger partial charge in [0.15, 0.2) is 0 Å². The van der Waals surface area contributed by atoms with Gasteiger partial charge in [-0.2, -0.15) is 0 Å². The van der Waals surface area contributed by atoms with Crippen LogP contribution in [-0.2, 0) is 21.9 Å². The van der Waals surface area contributed by atoms with Crippen LogP contribution in [0.2, 0.25) is 5.02 Å². The highest BCUT2D eigenvalue weighted by Gasteiger charge is 2.39. The number of carbonyl (C=O) groups is 2. The average Bonchev–Trinajstić information content (AvgIpc) is 3.37. The minimum atomic E-state index is -0.314. The lowest BCUT2D eigenvalue weighted by molar-refractivity contribution is -0.137. The largest absolute Gasteiger partial charge is 0.494 e. The first-order valence-corrected chi connectivity index (χ1v) is 11.2. The summed E-state index contributed by atoms with van der Waals surface area (Å²) in [5.41, 5.74) is 1.91. The highest BCUT2D eigenvalue weighted by molar-refractivity contribution is 8.03. The number of benzene rings is 2. The summed E-state index contributed by atoms with van der Waals surface area (Å²) in [5.74, 6) is 1.29. The summed E-state index contributed by atoms with van der Waals surface area (Å²) in [6.45, 7) is 2.65. The van der Waals surface area contributed by atoms with E-state index in [-0.39, 0.29) is 18.4 Å². The van der Waals surface area contributed by atoms with Crippen LogP contribution in [0.4, 0.5) is 0 Å². The normalized spacial score (nSPS) is 13.9. The highest BCUT2D eigenvalue weighted by Crippen LogP contribution is 2.38. The molecule has 0 N–H and O–H groups in total. The van der Waals surface area contributed by atoms with Crippen LogP contribution < -0.4 is 4.74 Å². The number of hydrogen-bond acceptors (Lipinski definition) is 5. The molecule has 2 aromatic carbocycles. The monoisotopic (exact) mass is 453 g/mol. The topological polar surface area (TPSA) is 59.8 Å². The highest BCUT2D eigenvalue weighted by atomic mass is 35.5. The predicted octanol–water partition coefficient (Wildman–Crippen LogP) is 5.55. The molecule has 1 aliphatic rings. The van der Waals surface area contributed by atoms with E-state index in [2.05, 4.69) is 0 Å². The number of nitrogens with zero attached hydrogens (tertiary/aromatic N) is 1. The first kappa shape index (κ1) is 21.3. The third kappa shape index (κ3) is 4.70. The van der Waals surface area contributed by atoms with Crippen molar-refractivity contribution < 1.29 is 18.7 Å². The molecule has 0 radical (unpaired) electrons. The second-order valence-electron chi connectivity index (χ2n) is 6.85. The zero-order valence-electron chi connectivity index (χ0n) is 16.8. The number of hydrogen-bond donors (Lipinski definition) is 0. The summed E-state index contributed by atoms with van der Waals surface area (Å²) in [7, 11) is 0. The molecule has 0 saturated carbocycles. The van der Waals surface area contributed by atoms with Gasteiger partial charge in [-0.1, -0.05) is 35.9 Å². The van der Waals surface area contributed by atoms with Crippen LogP contribution in [0.15, 0.2) is 76.2 Å². The number of ether oxygens (including phenoxy) is 1. The quantitative estimate of drug-likeness (QED) is 0.419. The van der Waals surface area contributed by atoms with Gasteiger partial charge < -0.3 is 9.15 Å². The van der Waals surface area contributed by atoms with Crippen LogP contribution in [0.3, 0.4) is 0 Å². The molecule has 0 bridgehead atoms. The Labute approximate surface area is 189 Å². The average molecular weight is 454 g/mol. The van der Waals surface area contributed by atoms with Gasteiger partial charge in [0, 0.05) is 5.02 Å². The maximum Gasteiger partial charge on any atom is 0.268 e. The molecular formula is C24H20ClNO4S. The molecule has 5 nitrogen and oxygen atoms in total. The Kier molecular flexibility index (Phi) is 6.49. The van der Waals surface area contributed by atoms with Crippen molar-refractivity contribution in [2.75, 3.05) is 6.61 Å². The van der Waals surface area contributed by atoms with Crippen molar-refractivity contribution in [3.63, 3.8) is 0 Å². The Morgan fingerprint density at radius 2 is 1.74 bits per heavy atom. The van der Waals surface area contributed by atoms with Crippen molar-refractivity contribution in [3.05, 3.63) is 93.7 Å². The van der Waals surface area contributed by atoms with Crippen molar-refractivity contribution >= 4 is 40.8 Å². The van der Waals surface area contributed by atoms with Crippen LogP contribution in [0.5, 0.6) is 5.75 Å².